The minimum absolute atomic E-state index is 0.317. The van der Waals surface area contributed by atoms with Crippen LogP contribution in [0.4, 0.5) is 0 Å². The van der Waals surface area contributed by atoms with Gasteiger partial charge in [-0.1, -0.05) is 12.1 Å². The summed E-state index contributed by atoms with van der Waals surface area (Å²) in [4.78, 5) is 11.0. The Balaban J connectivity index is 2.60. The minimum atomic E-state index is -0.539. The fraction of sp³-hybridized carbons (Fsp3) is 0.0833. The Morgan fingerprint density at radius 2 is 2.29 bits per heavy atom. The quantitative estimate of drug-likeness (QED) is 0.833. The Kier molecular flexibility index (Phi) is 2.63. The minimum Gasteiger partial charge on any atom is -0.366 e. The van der Waals surface area contributed by atoms with Gasteiger partial charge in [-0.25, -0.2) is 4.68 Å². The van der Waals surface area contributed by atoms with Crippen molar-refractivity contribution >= 4 is 5.91 Å². The fourth-order valence-electron chi connectivity index (χ4n) is 1.63. The molecule has 1 aromatic heterocycles. The Labute approximate surface area is 98.1 Å². The molecule has 0 spiro atoms. The molecule has 0 aliphatic carbocycles. The first-order valence-electron chi connectivity index (χ1n) is 4.98. The van der Waals surface area contributed by atoms with Crippen molar-refractivity contribution in [3.63, 3.8) is 0 Å². The summed E-state index contributed by atoms with van der Waals surface area (Å²) in [6.45, 7) is 1.88. The number of carbonyl (C=O) groups excluding carboxylic acids is 1. The lowest BCUT2D eigenvalue weighted by molar-refractivity contribution is 0.100. The van der Waals surface area contributed by atoms with E-state index in [1.807, 2.05) is 13.0 Å². The van der Waals surface area contributed by atoms with E-state index in [1.165, 1.54) is 17.1 Å². The normalized spacial score (nSPS) is 9.88. The molecular weight excluding hydrogens is 216 g/mol. The van der Waals surface area contributed by atoms with E-state index < -0.39 is 5.91 Å². The van der Waals surface area contributed by atoms with E-state index in [0.717, 1.165) is 5.56 Å². The number of aryl methyl sites for hydroxylation is 1. The van der Waals surface area contributed by atoms with E-state index in [2.05, 4.69) is 11.2 Å². The molecule has 2 N–H and O–H groups in total. The van der Waals surface area contributed by atoms with Crippen molar-refractivity contribution in [2.45, 2.75) is 6.92 Å². The lowest BCUT2D eigenvalue weighted by Crippen LogP contribution is -2.09. The van der Waals surface area contributed by atoms with Gasteiger partial charge < -0.3 is 5.73 Å². The van der Waals surface area contributed by atoms with E-state index in [0.29, 0.717) is 16.8 Å². The van der Waals surface area contributed by atoms with Crippen LogP contribution in [0, 0.1) is 18.3 Å². The number of benzene rings is 1. The Morgan fingerprint density at radius 1 is 1.53 bits per heavy atom. The number of para-hydroxylation sites is 1. The van der Waals surface area contributed by atoms with Gasteiger partial charge in [0.2, 0.25) is 0 Å². The molecule has 17 heavy (non-hydrogen) atoms. The second-order valence-corrected chi connectivity index (χ2v) is 3.62. The van der Waals surface area contributed by atoms with Crippen molar-refractivity contribution in [2.24, 2.45) is 5.73 Å². The zero-order valence-corrected chi connectivity index (χ0v) is 9.21. The van der Waals surface area contributed by atoms with Crippen LogP contribution in [0.15, 0.2) is 30.6 Å². The van der Waals surface area contributed by atoms with Crippen molar-refractivity contribution in [1.82, 2.24) is 9.78 Å². The monoisotopic (exact) mass is 226 g/mol. The van der Waals surface area contributed by atoms with E-state index in [9.17, 15) is 4.79 Å². The van der Waals surface area contributed by atoms with Crippen LogP contribution in [0.3, 0.4) is 0 Å². The highest BCUT2D eigenvalue weighted by Gasteiger charge is 2.10. The lowest BCUT2D eigenvalue weighted by Gasteiger charge is -2.07. The summed E-state index contributed by atoms with van der Waals surface area (Å²) in [5.74, 6) is -0.539. The lowest BCUT2D eigenvalue weighted by atomic mass is 10.1. The first-order valence-corrected chi connectivity index (χ1v) is 4.98. The molecule has 0 saturated heterocycles. The largest absolute Gasteiger partial charge is 0.366 e. The highest BCUT2D eigenvalue weighted by Crippen LogP contribution is 2.18. The van der Waals surface area contributed by atoms with Crippen molar-refractivity contribution in [2.75, 3.05) is 0 Å². The van der Waals surface area contributed by atoms with E-state index in [4.69, 9.17) is 11.0 Å². The molecule has 0 radical (unpaired) electrons. The van der Waals surface area contributed by atoms with E-state index in [-0.39, 0.29) is 0 Å². The predicted molar refractivity (Wildman–Crippen MR) is 61.5 cm³/mol. The molecule has 0 unspecified atom stereocenters. The van der Waals surface area contributed by atoms with Crippen molar-refractivity contribution in [3.8, 4) is 11.8 Å². The fourth-order valence-corrected chi connectivity index (χ4v) is 1.63. The number of hydrogen-bond donors (Lipinski definition) is 1. The second kappa shape index (κ2) is 4.10. The van der Waals surface area contributed by atoms with Crippen LogP contribution in [-0.4, -0.2) is 15.7 Å². The molecule has 0 aliphatic rings. The molecule has 84 valence electrons. The maximum Gasteiger partial charge on any atom is 0.251 e. The third kappa shape index (κ3) is 1.88. The van der Waals surface area contributed by atoms with E-state index in [1.54, 1.807) is 12.1 Å². The number of nitrogens with two attached hydrogens (primary N) is 1. The Bertz CT molecular complexity index is 622. The molecular formula is C12H10N4O. The van der Waals surface area contributed by atoms with Gasteiger partial charge in [-0.3, -0.25) is 4.79 Å². The van der Waals surface area contributed by atoms with Crippen LogP contribution < -0.4 is 5.73 Å². The number of aromatic nitrogens is 2. The van der Waals surface area contributed by atoms with Gasteiger partial charge in [0, 0.05) is 6.20 Å². The summed E-state index contributed by atoms with van der Waals surface area (Å²) < 4.78 is 1.49. The maximum atomic E-state index is 11.0. The molecule has 0 saturated carbocycles. The van der Waals surface area contributed by atoms with Crippen LogP contribution in [0.1, 0.15) is 21.5 Å². The van der Waals surface area contributed by atoms with Crippen molar-refractivity contribution in [1.29, 1.82) is 5.26 Å². The van der Waals surface area contributed by atoms with Crippen molar-refractivity contribution in [3.05, 3.63) is 47.3 Å². The first-order chi connectivity index (χ1) is 8.13. The maximum absolute atomic E-state index is 11.0. The second-order valence-electron chi connectivity index (χ2n) is 3.62. The standard InChI is InChI=1S/C12H10N4O/c1-8-3-2-4-9(5-13)11(8)16-7-10(6-15-16)12(14)17/h2-4,6-7H,1H3,(H2,14,17). The molecule has 0 bridgehead atoms. The summed E-state index contributed by atoms with van der Waals surface area (Å²) in [5.41, 5.74) is 7.55. The number of hydrogen-bond acceptors (Lipinski definition) is 3. The van der Waals surface area contributed by atoms with Crippen molar-refractivity contribution < 1.29 is 4.79 Å². The molecule has 0 aliphatic heterocycles. The average molecular weight is 226 g/mol. The topological polar surface area (TPSA) is 84.7 Å². The molecule has 2 rings (SSSR count). The molecule has 2 aromatic rings. The van der Waals surface area contributed by atoms with Gasteiger partial charge in [0.1, 0.15) is 6.07 Å². The third-order valence-electron chi connectivity index (χ3n) is 2.45. The summed E-state index contributed by atoms with van der Waals surface area (Å²) in [6, 6.07) is 7.48. The number of primary amides is 1. The number of nitrogens with zero attached hydrogens (tertiary/aromatic N) is 3. The molecule has 0 fully saturated rings. The highest BCUT2D eigenvalue weighted by atomic mass is 16.1. The van der Waals surface area contributed by atoms with Crippen LogP contribution >= 0.6 is 0 Å². The predicted octanol–water partition coefficient (Wildman–Crippen LogP) is 1.15. The van der Waals surface area contributed by atoms with E-state index >= 15 is 0 Å². The average Bonchev–Trinajstić information content (AvgIpc) is 2.77. The van der Waals surface area contributed by atoms with Gasteiger partial charge in [0.05, 0.1) is 23.0 Å². The molecule has 1 amide bonds. The van der Waals surface area contributed by atoms with Gasteiger partial charge in [-0.05, 0) is 18.6 Å². The SMILES string of the molecule is Cc1cccc(C#N)c1-n1cc(C(N)=O)cn1. The van der Waals surface area contributed by atoms with Gasteiger partial charge in [-0.2, -0.15) is 10.4 Å². The third-order valence-corrected chi connectivity index (χ3v) is 2.45. The molecule has 1 aromatic carbocycles. The van der Waals surface area contributed by atoms with Crippen LogP contribution in [0.2, 0.25) is 0 Å². The van der Waals surface area contributed by atoms with Crippen LogP contribution in [0.5, 0.6) is 0 Å². The zero-order chi connectivity index (χ0) is 12.4. The van der Waals surface area contributed by atoms with Gasteiger partial charge in [0.25, 0.3) is 5.91 Å². The van der Waals surface area contributed by atoms with Crippen LogP contribution in [0.25, 0.3) is 5.69 Å². The van der Waals surface area contributed by atoms with Crippen LogP contribution in [-0.2, 0) is 0 Å². The highest BCUT2D eigenvalue weighted by molar-refractivity contribution is 5.92. The molecule has 1 heterocycles. The number of nitriles is 1. The Hall–Kier alpha value is -2.61. The first kappa shape index (κ1) is 10.9. The zero-order valence-electron chi connectivity index (χ0n) is 9.21. The summed E-state index contributed by atoms with van der Waals surface area (Å²) in [7, 11) is 0. The smallest absolute Gasteiger partial charge is 0.251 e. The van der Waals surface area contributed by atoms with Gasteiger partial charge >= 0.3 is 0 Å². The number of carbonyl (C=O) groups is 1. The summed E-state index contributed by atoms with van der Waals surface area (Å²) in [6.07, 6.45) is 2.90. The summed E-state index contributed by atoms with van der Waals surface area (Å²) >= 11 is 0. The molecule has 0 atom stereocenters. The van der Waals surface area contributed by atoms with Gasteiger partial charge in [-0.15, -0.1) is 0 Å². The van der Waals surface area contributed by atoms with Gasteiger partial charge in [0.15, 0.2) is 0 Å². The Morgan fingerprint density at radius 3 is 2.88 bits per heavy atom. The summed E-state index contributed by atoms with van der Waals surface area (Å²) in [5, 5.41) is 13.1. The molecule has 5 heteroatoms. The number of amides is 1. The number of rotatable bonds is 2. The molecule has 5 nitrogen and oxygen atoms in total.